The second-order valence-corrected chi connectivity index (χ2v) is 7.03. The van der Waals surface area contributed by atoms with Crippen molar-refractivity contribution in [3.8, 4) is 23.0 Å². The molecule has 154 valence electrons. The van der Waals surface area contributed by atoms with Crippen molar-refractivity contribution in [2.75, 3.05) is 0 Å². The van der Waals surface area contributed by atoms with E-state index in [-0.39, 0.29) is 21.9 Å². The molecule has 4 rings (SSSR count). The fourth-order valence-electron chi connectivity index (χ4n) is 3.32. The molecule has 0 saturated heterocycles. The first-order valence-corrected chi connectivity index (χ1v) is 9.55. The van der Waals surface area contributed by atoms with Gasteiger partial charge in [-0.3, -0.25) is 0 Å². The molecule has 4 aromatic rings. The summed E-state index contributed by atoms with van der Waals surface area (Å²) in [7, 11) is 0. The summed E-state index contributed by atoms with van der Waals surface area (Å²) in [5.74, 6) is 0.258. The molecule has 4 aromatic carbocycles. The zero-order valence-corrected chi connectivity index (χ0v) is 16.4. The predicted molar refractivity (Wildman–Crippen MR) is 111 cm³/mol. The van der Waals surface area contributed by atoms with E-state index in [0.717, 1.165) is 11.6 Å². The number of halogens is 5. The lowest BCUT2D eigenvalue weighted by atomic mass is 9.99. The van der Waals surface area contributed by atoms with Crippen LogP contribution in [0.1, 0.15) is 23.6 Å². The van der Waals surface area contributed by atoms with Gasteiger partial charge in [0.1, 0.15) is 11.6 Å². The molecule has 5 heteroatoms. The maximum Gasteiger partial charge on any atom is 0.195 e. The van der Waals surface area contributed by atoms with E-state index in [0.29, 0.717) is 17.5 Å². The van der Waals surface area contributed by atoms with Crippen molar-refractivity contribution in [2.24, 2.45) is 0 Å². The smallest absolute Gasteiger partial charge is 0.195 e. The van der Waals surface area contributed by atoms with Gasteiger partial charge >= 0.3 is 0 Å². The highest BCUT2D eigenvalue weighted by molar-refractivity contribution is 5.88. The highest BCUT2D eigenvalue weighted by atomic mass is 19.2. The fraction of sp³-hybridized carbons (Fsp3) is 0.0769. The molecule has 0 fully saturated rings. The van der Waals surface area contributed by atoms with E-state index in [9.17, 15) is 22.0 Å². The Morgan fingerprint density at radius 3 is 2.19 bits per heavy atom. The van der Waals surface area contributed by atoms with E-state index in [4.69, 9.17) is 0 Å². The van der Waals surface area contributed by atoms with Gasteiger partial charge in [0.15, 0.2) is 17.5 Å². The summed E-state index contributed by atoms with van der Waals surface area (Å²) in [6, 6.07) is 14.0. The van der Waals surface area contributed by atoms with Gasteiger partial charge in [0.25, 0.3) is 0 Å². The largest absolute Gasteiger partial charge is 0.206 e. The van der Waals surface area contributed by atoms with E-state index in [1.165, 1.54) is 36.4 Å². The van der Waals surface area contributed by atoms with Gasteiger partial charge in [0.05, 0.1) is 5.56 Å². The van der Waals surface area contributed by atoms with E-state index in [1.807, 2.05) is 6.92 Å². The molecule has 0 radical (unpaired) electrons. The second kappa shape index (κ2) is 8.23. The number of aryl methyl sites for hydroxylation is 1. The van der Waals surface area contributed by atoms with Crippen LogP contribution in [0, 0.1) is 40.9 Å². The van der Waals surface area contributed by atoms with Gasteiger partial charge in [-0.1, -0.05) is 43.0 Å². The standard InChI is InChI=1S/C26H15F5/c1-2-15-3-6-17(22(27)11-15)7-4-16-5-9-20(23(28)12-16)18-8-10-21-19(13-18)14-24(29)26(31)25(21)30/h3,5-6,8-14H,2H2,1H3. The molecule has 0 aromatic heterocycles. The molecule has 0 saturated carbocycles. The Morgan fingerprint density at radius 2 is 1.48 bits per heavy atom. The maximum atomic E-state index is 14.7. The van der Waals surface area contributed by atoms with Gasteiger partial charge in [-0.2, -0.15) is 0 Å². The molecule has 0 amide bonds. The number of fused-ring (bicyclic) bond motifs is 1. The molecule has 0 aliphatic carbocycles. The lowest BCUT2D eigenvalue weighted by Crippen LogP contribution is -1.93. The summed E-state index contributed by atoms with van der Waals surface area (Å²) >= 11 is 0. The number of hydrogen-bond donors (Lipinski definition) is 0. The highest BCUT2D eigenvalue weighted by Gasteiger charge is 2.15. The maximum absolute atomic E-state index is 14.7. The summed E-state index contributed by atoms with van der Waals surface area (Å²) < 4.78 is 69.6. The van der Waals surface area contributed by atoms with E-state index < -0.39 is 29.1 Å². The lowest BCUT2D eigenvalue weighted by Gasteiger charge is -2.08. The average molecular weight is 422 g/mol. The number of rotatable bonds is 2. The normalized spacial score (nSPS) is 10.8. The van der Waals surface area contributed by atoms with Gasteiger partial charge in [0.2, 0.25) is 0 Å². The summed E-state index contributed by atoms with van der Waals surface area (Å²) in [5.41, 5.74) is 1.98. The van der Waals surface area contributed by atoms with Gasteiger partial charge in [0, 0.05) is 16.5 Å². The molecule has 0 unspecified atom stereocenters. The Balaban J connectivity index is 1.68. The molecule has 0 bridgehead atoms. The van der Waals surface area contributed by atoms with Crippen LogP contribution in [0.15, 0.2) is 60.7 Å². The van der Waals surface area contributed by atoms with Crippen molar-refractivity contribution in [1.29, 1.82) is 0 Å². The van der Waals surface area contributed by atoms with Crippen LogP contribution in [0.2, 0.25) is 0 Å². The molecule has 31 heavy (non-hydrogen) atoms. The van der Waals surface area contributed by atoms with Gasteiger partial charge < -0.3 is 0 Å². The van der Waals surface area contributed by atoms with Crippen LogP contribution in [0.5, 0.6) is 0 Å². The third-order valence-electron chi connectivity index (χ3n) is 5.04. The molecule has 0 nitrogen and oxygen atoms in total. The first-order chi connectivity index (χ1) is 14.9. The van der Waals surface area contributed by atoms with Crippen molar-refractivity contribution in [3.63, 3.8) is 0 Å². The minimum Gasteiger partial charge on any atom is -0.206 e. The van der Waals surface area contributed by atoms with E-state index in [1.54, 1.807) is 18.2 Å². The van der Waals surface area contributed by atoms with E-state index >= 15 is 0 Å². The summed E-state index contributed by atoms with van der Waals surface area (Å²) in [5, 5.41) is 0.0184. The van der Waals surface area contributed by atoms with Crippen LogP contribution >= 0.6 is 0 Å². The Bertz CT molecular complexity index is 1380. The van der Waals surface area contributed by atoms with Crippen LogP contribution in [0.3, 0.4) is 0 Å². The van der Waals surface area contributed by atoms with Crippen LogP contribution in [0.4, 0.5) is 22.0 Å². The Hall–Kier alpha value is -3.65. The Kier molecular flexibility index (Phi) is 5.48. The monoisotopic (exact) mass is 422 g/mol. The van der Waals surface area contributed by atoms with Crippen LogP contribution in [-0.4, -0.2) is 0 Å². The average Bonchev–Trinajstić information content (AvgIpc) is 2.76. The second-order valence-electron chi connectivity index (χ2n) is 7.03. The number of benzene rings is 4. The minimum atomic E-state index is -1.55. The van der Waals surface area contributed by atoms with Crippen molar-refractivity contribution in [3.05, 3.63) is 106 Å². The highest BCUT2D eigenvalue weighted by Crippen LogP contribution is 2.30. The summed E-state index contributed by atoms with van der Waals surface area (Å²) in [6.07, 6.45) is 0.709. The van der Waals surface area contributed by atoms with Crippen LogP contribution < -0.4 is 0 Å². The van der Waals surface area contributed by atoms with Crippen molar-refractivity contribution < 1.29 is 22.0 Å². The molecule has 0 aliphatic rings. The topological polar surface area (TPSA) is 0 Å². The molecule has 0 spiro atoms. The summed E-state index contributed by atoms with van der Waals surface area (Å²) in [4.78, 5) is 0. The van der Waals surface area contributed by atoms with E-state index in [2.05, 4.69) is 11.8 Å². The number of hydrogen-bond acceptors (Lipinski definition) is 0. The van der Waals surface area contributed by atoms with Crippen molar-refractivity contribution in [1.82, 2.24) is 0 Å². The van der Waals surface area contributed by atoms with Crippen molar-refractivity contribution in [2.45, 2.75) is 13.3 Å². The predicted octanol–water partition coefficient (Wildman–Crippen LogP) is 7.16. The molecular weight excluding hydrogens is 407 g/mol. The van der Waals surface area contributed by atoms with Crippen LogP contribution in [0.25, 0.3) is 21.9 Å². The quantitative estimate of drug-likeness (QED) is 0.183. The third-order valence-corrected chi connectivity index (χ3v) is 5.04. The Labute approximate surface area is 176 Å². The zero-order valence-electron chi connectivity index (χ0n) is 16.4. The zero-order chi connectivity index (χ0) is 22.1. The third kappa shape index (κ3) is 4.02. The molecule has 0 aliphatic heterocycles. The molecule has 0 N–H and O–H groups in total. The van der Waals surface area contributed by atoms with Gasteiger partial charge in [-0.05, 0) is 59.3 Å². The van der Waals surface area contributed by atoms with Gasteiger partial charge in [-0.15, -0.1) is 0 Å². The molecular formula is C26H15F5. The molecule has 0 atom stereocenters. The summed E-state index contributed by atoms with van der Waals surface area (Å²) in [6.45, 7) is 1.92. The first kappa shape index (κ1) is 20.6. The lowest BCUT2D eigenvalue weighted by molar-refractivity contribution is 0.453. The van der Waals surface area contributed by atoms with Crippen molar-refractivity contribution >= 4 is 10.8 Å². The first-order valence-electron chi connectivity index (χ1n) is 9.55. The molecule has 0 heterocycles. The van der Waals surface area contributed by atoms with Crippen LogP contribution in [-0.2, 0) is 6.42 Å². The SMILES string of the molecule is CCc1ccc(C#Cc2ccc(-c3ccc4c(F)c(F)c(F)cc4c3)c(F)c2)c(F)c1. The fourth-order valence-corrected chi connectivity index (χ4v) is 3.32. The Morgan fingerprint density at radius 1 is 0.677 bits per heavy atom. The minimum absolute atomic E-state index is 0.0957. The van der Waals surface area contributed by atoms with Gasteiger partial charge in [-0.25, -0.2) is 22.0 Å².